The second-order valence-corrected chi connectivity index (χ2v) is 6.96. The van der Waals surface area contributed by atoms with Crippen molar-refractivity contribution in [2.45, 2.75) is 0 Å². The lowest BCUT2D eigenvalue weighted by Crippen LogP contribution is -2.22. The number of aromatic nitrogens is 2. The summed E-state index contributed by atoms with van der Waals surface area (Å²) in [5.41, 5.74) is 2.26. The highest BCUT2D eigenvalue weighted by atomic mass is 16.6. The molecule has 1 aliphatic heterocycles. The van der Waals surface area contributed by atoms with Gasteiger partial charge in [0.2, 0.25) is 0 Å². The van der Waals surface area contributed by atoms with Crippen LogP contribution >= 0.6 is 0 Å². The molecule has 1 aromatic heterocycles. The van der Waals surface area contributed by atoms with E-state index in [0.717, 1.165) is 0 Å². The molecule has 5 rings (SSSR count). The molecule has 0 fully saturated rings. The molecule has 31 heavy (non-hydrogen) atoms. The lowest BCUT2D eigenvalue weighted by atomic mass is 10.1. The van der Waals surface area contributed by atoms with Crippen molar-refractivity contribution in [3.05, 3.63) is 105 Å². The summed E-state index contributed by atoms with van der Waals surface area (Å²) in [7, 11) is 0. The van der Waals surface area contributed by atoms with Crippen LogP contribution in [-0.2, 0) is 4.79 Å². The molecule has 8 heteroatoms. The second-order valence-electron chi connectivity index (χ2n) is 6.96. The van der Waals surface area contributed by atoms with Gasteiger partial charge >= 0.3 is 0 Å². The lowest BCUT2D eigenvalue weighted by molar-refractivity contribution is -0.384. The largest absolute Gasteiger partial charge is 0.321 e. The third-order valence-electron chi connectivity index (χ3n) is 5.10. The second kappa shape index (κ2) is 7.03. The minimum absolute atomic E-state index is 0.0884. The number of anilines is 1. The molecule has 0 aliphatic carbocycles. The van der Waals surface area contributed by atoms with Crippen LogP contribution in [-0.4, -0.2) is 20.4 Å². The van der Waals surface area contributed by atoms with Gasteiger partial charge in [0.15, 0.2) is 0 Å². The van der Waals surface area contributed by atoms with Gasteiger partial charge < -0.3 is 5.32 Å². The number of nitrogens with one attached hydrogen (secondary N) is 1. The van der Waals surface area contributed by atoms with Gasteiger partial charge in [0.25, 0.3) is 17.2 Å². The number of nitrogens with zero attached hydrogens (tertiary/aromatic N) is 3. The summed E-state index contributed by atoms with van der Waals surface area (Å²) in [5, 5.41) is 14.2. The van der Waals surface area contributed by atoms with Gasteiger partial charge in [0.1, 0.15) is 5.82 Å². The van der Waals surface area contributed by atoms with Crippen molar-refractivity contribution >= 4 is 39.8 Å². The van der Waals surface area contributed by atoms with Crippen molar-refractivity contribution in [2.24, 2.45) is 0 Å². The summed E-state index contributed by atoms with van der Waals surface area (Å²) in [5.74, 6) is -0.0433. The molecule has 1 amide bonds. The van der Waals surface area contributed by atoms with Crippen molar-refractivity contribution in [3.63, 3.8) is 0 Å². The van der Waals surface area contributed by atoms with Gasteiger partial charge in [-0.1, -0.05) is 30.3 Å². The molecule has 0 bridgehead atoms. The van der Waals surface area contributed by atoms with E-state index in [1.54, 1.807) is 36.4 Å². The third kappa shape index (κ3) is 3.06. The van der Waals surface area contributed by atoms with E-state index in [0.29, 0.717) is 33.4 Å². The van der Waals surface area contributed by atoms with Crippen LogP contribution in [0.1, 0.15) is 11.4 Å². The number of rotatable bonds is 3. The maximum absolute atomic E-state index is 13.3. The molecule has 0 atom stereocenters. The van der Waals surface area contributed by atoms with E-state index in [1.807, 2.05) is 18.2 Å². The normalized spacial score (nSPS) is 13.9. The Labute approximate surface area is 175 Å². The molecule has 4 aromatic rings. The number of hydrogen-bond acceptors (Lipinski definition) is 5. The molecular formula is C23H14N4O4. The third-order valence-corrected chi connectivity index (χ3v) is 5.10. The smallest absolute Gasteiger partial charge is 0.269 e. The first-order valence-corrected chi connectivity index (χ1v) is 9.42. The highest BCUT2D eigenvalue weighted by molar-refractivity contribution is 6.34. The molecule has 1 aliphatic rings. The molecule has 0 radical (unpaired) electrons. The molecule has 1 N–H and O–H groups in total. The Morgan fingerprint density at radius 3 is 2.42 bits per heavy atom. The summed E-state index contributed by atoms with van der Waals surface area (Å²) in [6.07, 6.45) is 1.57. The van der Waals surface area contributed by atoms with Crippen molar-refractivity contribution in [1.82, 2.24) is 9.55 Å². The van der Waals surface area contributed by atoms with Crippen molar-refractivity contribution in [1.29, 1.82) is 0 Å². The fourth-order valence-corrected chi connectivity index (χ4v) is 3.63. The predicted octanol–water partition coefficient (Wildman–Crippen LogP) is 3.79. The van der Waals surface area contributed by atoms with Crippen LogP contribution in [0.4, 0.5) is 11.4 Å². The Morgan fingerprint density at radius 1 is 0.935 bits per heavy atom. The topological polar surface area (TPSA) is 107 Å². The molecule has 0 saturated carbocycles. The molecule has 8 nitrogen and oxygen atoms in total. The summed E-state index contributed by atoms with van der Waals surface area (Å²) in [6, 6.07) is 19.8. The van der Waals surface area contributed by atoms with Gasteiger partial charge in [-0.25, -0.2) is 4.98 Å². The molecule has 0 spiro atoms. The minimum Gasteiger partial charge on any atom is -0.321 e. The maximum atomic E-state index is 13.3. The molecule has 150 valence electrons. The summed E-state index contributed by atoms with van der Waals surface area (Å²) in [4.78, 5) is 41.0. The monoisotopic (exact) mass is 410 g/mol. The predicted molar refractivity (Wildman–Crippen MR) is 117 cm³/mol. The number of benzene rings is 3. The molecular weight excluding hydrogens is 396 g/mol. The van der Waals surface area contributed by atoms with Gasteiger partial charge in [0.05, 0.1) is 27.1 Å². The van der Waals surface area contributed by atoms with E-state index in [2.05, 4.69) is 10.3 Å². The van der Waals surface area contributed by atoms with Crippen LogP contribution in [0.3, 0.4) is 0 Å². The zero-order valence-electron chi connectivity index (χ0n) is 16.0. The average molecular weight is 410 g/mol. The van der Waals surface area contributed by atoms with Crippen LogP contribution < -0.4 is 10.9 Å². The molecule has 2 heterocycles. The van der Waals surface area contributed by atoms with Crippen LogP contribution in [0.2, 0.25) is 0 Å². The van der Waals surface area contributed by atoms with Crippen molar-refractivity contribution in [2.75, 3.05) is 5.32 Å². The minimum atomic E-state index is -0.506. The van der Waals surface area contributed by atoms with E-state index < -0.39 is 4.92 Å². The highest BCUT2D eigenvalue weighted by Crippen LogP contribution is 2.32. The molecule has 0 unspecified atom stereocenters. The quantitative estimate of drug-likeness (QED) is 0.314. The summed E-state index contributed by atoms with van der Waals surface area (Å²) < 4.78 is 1.35. The van der Waals surface area contributed by atoms with Crippen LogP contribution in [0.5, 0.6) is 0 Å². The number of non-ortho nitro benzene ring substituents is 1. The standard InChI is InChI=1S/C23H14N4O4/c28-22-18(16-5-1-3-7-19(16)25-22)13-21-24-20-8-4-2-6-17(20)23(29)26(21)14-9-11-15(12-10-14)27(30)31/h1-13H,(H,25,28)/b18-13-. The SMILES string of the molecule is O=C1Nc2ccccc2/C1=C/c1nc2ccccc2c(=O)n1-c1ccc([N+](=O)[O-])cc1. The fourth-order valence-electron chi connectivity index (χ4n) is 3.63. The Morgan fingerprint density at radius 2 is 1.65 bits per heavy atom. The van der Waals surface area contributed by atoms with E-state index >= 15 is 0 Å². The van der Waals surface area contributed by atoms with Crippen molar-refractivity contribution in [3.8, 4) is 5.69 Å². The summed E-state index contributed by atoms with van der Waals surface area (Å²) in [6.45, 7) is 0. The number of nitro groups is 1. The number of para-hydroxylation sites is 2. The maximum Gasteiger partial charge on any atom is 0.269 e. The van der Waals surface area contributed by atoms with Gasteiger partial charge in [0, 0.05) is 23.4 Å². The Bertz CT molecular complexity index is 1470. The van der Waals surface area contributed by atoms with E-state index in [9.17, 15) is 19.7 Å². The first-order chi connectivity index (χ1) is 15.0. The van der Waals surface area contributed by atoms with Crippen molar-refractivity contribution < 1.29 is 9.72 Å². The van der Waals surface area contributed by atoms with Gasteiger partial charge in [-0.2, -0.15) is 0 Å². The molecule has 3 aromatic carbocycles. The van der Waals surface area contributed by atoms with Crippen LogP contribution in [0.15, 0.2) is 77.6 Å². The highest BCUT2D eigenvalue weighted by Gasteiger charge is 2.24. The van der Waals surface area contributed by atoms with Gasteiger partial charge in [-0.3, -0.25) is 24.3 Å². The first kappa shape index (κ1) is 18.4. The average Bonchev–Trinajstić information content (AvgIpc) is 3.09. The number of fused-ring (bicyclic) bond motifs is 2. The molecule has 0 saturated heterocycles. The van der Waals surface area contributed by atoms with E-state index in [1.165, 1.54) is 28.8 Å². The first-order valence-electron chi connectivity index (χ1n) is 9.42. The number of amides is 1. The number of carbonyl (C=O) groups is 1. The zero-order chi connectivity index (χ0) is 21.5. The van der Waals surface area contributed by atoms with Gasteiger partial charge in [-0.15, -0.1) is 0 Å². The number of nitro benzene ring substituents is 1. The van der Waals surface area contributed by atoms with Crippen LogP contribution in [0, 0.1) is 10.1 Å². The Hall–Kier alpha value is -4.59. The summed E-state index contributed by atoms with van der Waals surface area (Å²) >= 11 is 0. The van der Waals surface area contributed by atoms with E-state index in [-0.39, 0.29) is 23.0 Å². The zero-order valence-corrected chi connectivity index (χ0v) is 16.0. The van der Waals surface area contributed by atoms with E-state index in [4.69, 9.17) is 0 Å². The number of hydrogen-bond donors (Lipinski definition) is 1. The fraction of sp³-hybridized carbons (Fsp3) is 0. The lowest BCUT2D eigenvalue weighted by Gasteiger charge is -2.12. The Kier molecular flexibility index (Phi) is 4.18. The Balaban J connectivity index is 1.78. The van der Waals surface area contributed by atoms with Crippen LogP contribution in [0.25, 0.3) is 28.2 Å². The van der Waals surface area contributed by atoms with Gasteiger partial charge in [-0.05, 0) is 36.4 Å². The number of carbonyl (C=O) groups excluding carboxylic acids is 1.